The van der Waals surface area contributed by atoms with Gasteiger partial charge in [-0.05, 0) is 26.9 Å². The highest BCUT2D eigenvalue weighted by Gasteiger charge is 2.22. The monoisotopic (exact) mass is 187 g/mol. The molecule has 1 saturated carbocycles. The van der Waals surface area contributed by atoms with Crippen LogP contribution in [-0.2, 0) is 0 Å². The Balaban J connectivity index is 2.37. The van der Waals surface area contributed by atoms with Gasteiger partial charge in [-0.15, -0.1) is 0 Å². The molecule has 1 fully saturated rings. The average molecular weight is 187 g/mol. The van der Waals surface area contributed by atoms with Crippen molar-refractivity contribution < 1.29 is 0 Å². The van der Waals surface area contributed by atoms with Gasteiger partial charge in [0, 0.05) is 6.04 Å². The Morgan fingerprint density at radius 1 is 1.25 bits per heavy atom. The third-order valence-corrected chi connectivity index (χ3v) is 4.10. The second-order valence-corrected chi connectivity index (χ2v) is 4.62. The van der Waals surface area contributed by atoms with Crippen LogP contribution in [0.15, 0.2) is 0 Å². The van der Waals surface area contributed by atoms with Crippen molar-refractivity contribution >= 4 is 10.4 Å². The molecule has 0 saturated heterocycles. The van der Waals surface area contributed by atoms with E-state index in [1.807, 2.05) is 14.1 Å². The van der Waals surface area contributed by atoms with E-state index in [1.54, 1.807) is 0 Å². The highest BCUT2D eigenvalue weighted by molar-refractivity contribution is 6.04. The highest BCUT2D eigenvalue weighted by atomic mass is 28.2. The predicted molar refractivity (Wildman–Crippen MR) is 55.9 cm³/mol. The van der Waals surface area contributed by atoms with Crippen LogP contribution in [0.3, 0.4) is 0 Å². The first-order valence-corrected chi connectivity index (χ1v) is 5.75. The molecule has 1 aliphatic carbocycles. The Hall–Kier alpha value is 0.0969. The van der Waals surface area contributed by atoms with E-state index in [4.69, 9.17) is 0 Å². The second kappa shape index (κ2) is 4.96. The summed E-state index contributed by atoms with van der Waals surface area (Å²) in [5, 5.41) is 6.56. The van der Waals surface area contributed by atoms with E-state index in [2.05, 4.69) is 15.2 Å². The zero-order chi connectivity index (χ0) is 8.97. The lowest BCUT2D eigenvalue weighted by Crippen LogP contribution is -2.54. The fraction of sp³-hybridized carbons (Fsp3) is 1.00. The second-order valence-electron chi connectivity index (χ2n) is 3.58. The quantitative estimate of drug-likeness (QED) is 0.447. The van der Waals surface area contributed by atoms with Gasteiger partial charge in [-0.3, -0.25) is 10.6 Å². The predicted octanol–water partition coefficient (Wildman–Crippen LogP) is -0.766. The Kier molecular flexibility index (Phi) is 4.21. The molecule has 3 nitrogen and oxygen atoms in total. The van der Waals surface area contributed by atoms with Crippen LogP contribution in [0.25, 0.3) is 0 Å². The lowest BCUT2D eigenvalue weighted by Gasteiger charge is -2.32. The zero-order valence-electron chi connectivity index (χ0n) is 8.43. The van der Waals surface area contributed by atoms with Crippen molar-refractivity contribution in [3.63, 3.8) is 0 Å². The van der Waals surface area contributed by atoms with Crippen molar-refractivity contribution in [3.05, 3.63) is 0 Å². The summed E-state index contributed by atoms with van der Waals surface area (Å²) in [6.45, 7) is 0. The minimum Gasteiger partial charge on any atom is -0.304 e. The van der Waals surface area contributed by atoms with Gasteiger partial charge in [0.25, 0.3) is 0 Å². The van der Waals surface area contributed by atoms with Gasteiger partial charge < -0.3 is 4.57 Å². The summed E-state index contributed by atoms with van der Waals surface area (Å²) < 4.78 is 2.53. The molecule has 2 N–H and O–H groups in total. The Morgan fingerprint density at radius 2 is 1.75 bits per heavy atom. The van der Waals surface area contributed by atoms with Crippen molar-refractivity contribution in [2.24, 2.45) is 0 Å². The highest BCUT2D eigenvalue weighted by Crippen LogP contribution is 2.22. The molecule has 0 atom stereocenters. The summed E-state index contributed by atoms with van der Waals surface area (Å²) in [5.74, 6) is 0. The number of hydrogen-bond donors (Lipinski definition) is 2. The first-order chi connectivity index (χ1) is 5.79. The molecular formula is C8H21N3Si. The topological polar surface area (TPSA) is 27.3 Å². The fourth-order valence-electron chi connectivity index (χ4n) is 2.07. The standard InChI is InChI=1S/C8H21N3Si/c1-9-8(10-2)11(12)7-5-3-4-6-7/h7-10H,3-6H2,1-2,12H3. The van der Waals surface area contributed by atoms with Crippen LogP contribution in [-0.4, -0.2) is 41.4 Å². The molecule has 0 aliphatic heterocycles. The fourth-order valence-corrected chi connectivity index (χ4v) is 3.11. The molecule has 0 heterocycles. The number of nitrogens with zero attached hydrogens (tertiary/aromatic N) is 1. The van der Waals surface area contributed by atoms with Gasteiger partial charge in [-0.1, -0.05) is 12.8 Å². The van der Waals surface area contributed by atoms with Crippen LogP contribution >= 0.6 is 0 Å². The Labute approximate surface area is 78.4 Å². The summed E-state index contributed by atoms with van der Waals surface area (Å²) in [5.41, 5.74) is 0. The molecule has 0 aromatic heterocycles. The lowest BCUT2D eigenvalue weighted by atomic mass is 10.2. The van der Waals surface area contributed by atoms with Crippen LogP contribution in [0.4, 0.5) is 0 Å². The van der Waals surface area contributed by atoms with Gasteiger partial charge in [0.05, 0.1) is 10.4 Å². The van der Waals surface area contributed by atoms with Gasteiger partial charge in [-0.2, -0.15) is 0 Å². The molecule has 1 rings (SSSR count). The summed E-state index contributed by atoms with van der Waals surface area (Å²) in [4.78, 5) is 0. The van der Waals surface area contributed by atoms with Crippen LogP contribution in [0.5, 0.6) is 0 Å². The number of nitrogens with one attached hydrogen (secondary N) is 2. The van der Waals surface area contributed by atoms with Crippen molar-refractivity contribution in [2.45, 2.75) is 38.0 Å². The minimum atomic E-state index is 0.389. The normalized spacial score (nSPS) is 20.0. The summed E-state index contributed by atoms with van der Waals surface area (Å²) in [6.07, 6.45) is 6.01. The van der Waals surface area contributed by atoms with E-state index in [0.29, 0.717) is 6.29 Å². The maximum atomic E-state index is 3.28. The molecule has 72 valence electrons. The molecular weight excluding hydrogens is 166 g/mol. The lowest BCUT2D eigenvalue weighted by molar-refractivity contribution is 0.207. The molecule has 0 unspecified atom stereocenters. The maximum Gasteiger partial charge on any atom is 0.107 e. The Bertz CT molecular complexity index is 119. The van der Waals surface area contributed by atoms with E-state index in [9.17, 15) is 0 Å². The third-order valence-electron chi connectivity index (χ3n) is 2.85. The molecule has 0 amide bonds. The molecule has 12 heavy (non-hydrogen) atoms. The van der Waals surface area contributed by atoms with E-state index >= 15 is 0 Å². The van der Waals surface area contributed by atoms with Crippen LogP contribution in [0.1, 0.15) is 25.7 Å². The van der Waals surface area contributed by atoms with Crippen molar-refractivity contribution in [1.29, 1.82) is 0 Å². The van der Waals surface area contributed by atoms with Crippen LogP contribution in [0, 0.1) is 0 Å². The molecule has 0 aromatic rings. The summed E-state index contributed by atoms with van der Waals surface area (Å²) in [7, 11) is 5.17. The summed E-state index contributed by atoms with van der Waals surface area (Å²) in [6, 6.07) is 0.835. The van der Waals surface area contributed by atoms with E-state index in [1.165, 1.54) is 25.7 Å². The maximum absolute atomic E-state index is 3.28. The Morgan fingerprint density at radius 3 is 2.17 bits per heavy atom. The van der Waals surface area contributed by atoms with E-state index < -0.39 is 0 Å². The summed E-state index contributed by atoms with van der Waals surface area (Å²) >= 11 is 0. The smallest absolute Gasteiger partial charge is 0.107 e. The van der Waals surface area contributed by atoms with Crippen LogP contribution in [0.2, 0.25) is 0 Å². The molecule has 1 aliphatic rings. The molecule has 0 radical (unpaired) electrons. The molecule has 4 heteroatoms. The minimum absolute atomic E-state index is 0.389. The average Bonchev–Trinajstić information content (AvgIpc) is 2.58. The molecule has 0 bridgehead atoms. The number of hydrogen-bond acceptors (Lipinski definition) is 3. The third kappa shape index (κ3) is 2.29. The van der Waals surface area contributed by atoms with Gasteiger partial charge in [0.1, 0.15) is 6.29 Å². The first kappa shape index (κ1) is 10.2. The molecule has 0 aromatic carbocycles. The van der Waals surface area contributed by atoms with Gasteiger partial charge >= 0.3 is 0 Å². The van der Waals surface area contributed by atoms with Gasteiger partial charge in [-0.25, -0.2) is 0 Å². The molecule has 0 spiro atoms. The van der Waals surface area contributed by atoms with Gasteiger partial charge in [0.2, 0.25) is 0 Å². The van der Waals surface area contributed by atoms with Crippen molar-refractivity contribution in [1.82, 2.24) is 15.2 Å². The van der Waals surface area contributed by atoms with Crippen molar-refractivity contribution in [3.8, 4) is 0 Å². The van der Waals surface area contributed by atoms with E-state index in [-0.39, 0.29) is 0 Å². The van der Waals surface area contributed by atoms with Gasteiger partial charge in [0.15, 0.2) is 0 Å². The van der Waals surface area contributed by atoms with Crippen LogP contribution < -0.4 is 10.6 Å². The zero-order valence-corrected chi connectivity index (χ0v) is 10.4. The number of rotatable bonds is 4. The SMILES string of the molecule is CNC(NC)N([SiH3])C1CCCC1. The first-order valence-electron chi connectivity index (χ1n) is 4.86. The largest absolute Gasteiger partial charge is 0.304 e. The van der Waals surface area contributed by atoms with Crippen molar-refractivity contribution in [2.75, 3.05) is 14.1 Å². The van der Waals surface area contributed by atoms with E-state index in [0.717, 1.165) is 16.4 Å².